The molecule has 0 amide bonds. The largest absolute Gasteiger partial charge is 0.334 e. The molecule has 0 spiro atoms. The Hall–Kier alpha value is -1.32. The molecule has 1 aromatic heterocycles. The SMILES string of the molecule is Cc1nc(CCN)n(C)c1Cc1ccccc1Cl. The maximum absolute atomic E-state index is 6.20. The van der Waals surface area contributed by atoms with Gasteiger partial charge in [0.15, 0.2) is 0 Å². The van der Waals surface area contributed by atoms with E-state index in [-0.39, 0.29) is 0 Å². The first-order valence-electron chi connectivity index (χ1n) is 6.08. The van der Waals surface area contributed by atoms with Gasteiger partial charge in [-0.2, -0.15) is 0 Å². The van der Waals surface area contributed by atoms with E-state index in [1.54, 1.807) is 0 Å². The lowest BCUT2D eigenvalue weighted by atomic mass is 10.1. The summed E-state index contributed by atoms with van der Waals surface area (Å²) in [5, 5.41) is 0.804. The second-order valence-electron chi connectivity index (χ2n) is 4.43. The molecule has 0 atom stereocenters. The van der Waals surface area contributed by atoms with Crippen LogP contribution in [0, 0.1) is 6.92 Å². The Balaban J connectivity index is 2.32. The molecule has 0 aliphatic heterocycles. The Kier molecular flexibility index (Phi) is 4.04. The summed E-state index contributed by atoms with van der Waals surface area (Å²) in [5.41, 5.74) is 8.98. The van der Waals surface area contributed by atoms with Crippen molar-refractivity contribution >= 4 is 11.6 Å². The van der Waals surface area contributed by atoms with E-state index < -0.39 is 0 Å². The Bertz CT molecular complexity index is 546. The van der Waals surface area contributed by atoms with Gasteiger partial charge in [-0.15, -0.1) is 0 Å². The average molecular weight is 264 g/mol. The van der Waals surface area contributed by atoms with Crippen molar-refractivity contribution in [2.45, 2.75) is 19.8 Å². The third kappa shape index (κ3) is 2.57. The number of nitrogens with two attached hydrogens (primary N) is 1. The van der Waals surface area contributed by atoms with Crippen LogP contribution in [0.4, 0.5) is 0 Å². The number of rotatable bonds is 4. The molecule has 96 valence electrons. The Morgan fingerprint density at radius 2 is 2.06 bits per heavy atom. The third-order valence-electron chi connectivity index (χ3n) is 3.19. The number of nitrogens with zero attached hydrogens (tertiary/aromatic N) is 2. The molecule has 0 saturated heterocycles. The molecule has 1 aromatic carbocycles. The van der Waals surface area contributed by atoms with Crippen molar-refractivity contribution in [3.63, 3.8) is 0 Å². The van der Waals surface area contributed by atoms with E-state index in [1.807, 2.05) is 32.2 Å². The summed E-state index contributed by atoms with van der Waals surface area (Å²) in [6.45, 7) is 2.65. The van der Waals surface area contributed by atoms with E-state index in [4.69, 9.17) is 17.3 Å². The highest BCUT2D eigenvalue weighted by molar-refractivity contribution is 6.31. The van der Waals surface area contributed by atoms with E-state index in [1.165, 1.54) is 5.69 Å². The summed E-state index contributed by atoms with van der Waals surface area (Å²) in [6, 6.07) is 7.93. The number of imidazole rings is 1. The summed E-state index contributed by atoms with van der Waals surface area (Å²) < 4.78 is 2.13. The molecule has 0 aliphatic carbocycles. The van der Waals surface area contributed by atoms with Crippen molar-refractivity contribution < 1.29 is 0 Å². The number of aromatic nitrogens is 2. The summed E-state index contributed by atoms with van der Waals surface area (Å²) in [7, 11) is 2.04. The van der Waals surface area contributed by atoms with E-state index in [2.05, 4.69) is 15.6 Å². The zero-order valence-electron chi connectivity index (χ0n) is 10.8. The van der Waals surface area contributed by atoms with Crippen LogP contribution >= 0.6 is 11.6 Å². The molecule has 0 unspecified atom stereocenters. The van der Waals surface area contributed by atoms with Gasteiger partial charge in [-0.25, -0.2) is 4.98 Å². The predicted molar refractivity (Wildman–Crippen MR) is 75.0 cm³/mol. The Labute approximate surface area is 113 Å². The topological polar surface area (TPSA) is 43.8 Å². The van der Waals surface area contributed by atoms with Crippen LogP contribution in [0.5, 0.6) is 0 Å². The zero-order valence-corrected chi connectivity index (χ0v) is 11.5. The minimum atomic E-state index is 0.621. The van der Waals surface area contributed by atoms with Gasteiger partial charge in [-0.3, -0.25) is 0 Å². The number of hydrogen-bond acceptors (Lipinski definition) is 2. The highest BCUT2D eigenvalue weighted by Crippen LogP contribution is 2.21. The van der Waals surface area contributed by atoms with Crippen LogP contribution in [0.25, 0.3) is 0 Å². The van der Waals surface area contributed by atoms with Crippen LogP contribution in [-0.4, -0.2) is 16.1 Å². The number of halogens is 1. The smallest absolute Gasteiger partial charge is 0.110 e. The summed E-state index contributed by atoms with van der Waals surface area (Å²) in [4.78, 5) is 4.57. The van der Waals surface area contributed by atoms with Crippen LogP contribution in [0.3, 0.4) is 0 Å². The minimum Gasteiger partial charge on any atom is -0.334 e. The molecule has 2 aromatic rings. The Morgan fingerprint density at radius 1 is 1.33 bits per heavy atom. The summed E-state index contributed by atoms with van der Waals surface area (Å²) in [5.74, 6) is 1.04. The van der Waals surface area contributed by atoms with Gasteiger partial charge in [0.25, 0.3) is 0 Å². The first-order valence-corrected chi connectivity index (χ1v) is 6.45. The van der Waals surface area contributed by atoms with E-state index in [0.717, 1.165) is 34.9 Å². The van der Waals surface area contributed by atoms with Gasteiger partial charge in [0.1, 0.15) is 5.82 Å². The standard InChI is InChI=1S/C14H18ClN3/c1-10-13(18(2)14(17-10)7-8-16)9-11-5-3-4-6-12(11)15/h3-6H,7-9,16H2,1-2H3. The molecule has 2 rings (SSSR count). The highest BCUT2D eigenvalue weighted by Gasteiger charge is 2.12. The highest BCUT2D eigenvalue weighted by atomic mass is 35.5. The zero-order chi connectivity index (χ0) is 13.1. The maximum Gasteiger partial charge on any atom is 0.110 e. The molecule has 1 heterocycles. The summed E-state index contributed by atoms with van der Waals surface area (Å²) in [6.07, 6.45) is 1.61. The molecule has 0 aliphatic rings. The van der Waals surface area contributed by atoms with Crippen LogP contribution in [0.2, 0.25) is 5.02 Å². The van der Waals surface area contributed by atoms with Gasteiger partial charge < -0.3 is 10.3 Å². The lowest BCUT2D eigenvalue weighted by molar-refractivity contribution is 0.749. The Morgan fingerprint density at radius 3 is 2.72 bits per heavy atom. The molecule has 4 heteroatoms. The molecule has 0 fully saturated rings. The number of aryl methyl sites for hydroxylation is 1. The van der Waals surface area contributed by atoms with Gasteiger partial charge >= 0.3 is 0 Å². The fraction of sp³-hybridized carbons (Fsp3) is 0.357. The van der Waals surface area contributed by atoms with Crippen molar-refractivity contribution in [3.8, 4) is 0 Å². The van der Waals surface area contributed by atoms with Crippen LogP contribution in [-0.2, 0) is 19.9 Å². The van der Waals surface area contributed by atoms with Crippen molar-refractivity contribution in [2.75, 3.05) is 6.54 Å². The first kappa shape index (κ1) is 13.1. The summed E-state index contributed by atoms with van der Waals surface area (Å²) >= 11 is 6.20. The first-order chi connectivity index (χ1) is 8.63. The van der Waals surface area contributed by atoms with Crippen molar-refractivity contribution in [2.24, 2.45) is 12.8 Å². The molecule has 0 saturated carbocycles. The van der Waals surface area contributed by atoms with Crippen LogP contribution in [0.15, 0.2) is 24.3 Å². The van der Waals surface area contributed by atoms with Crippen molar-refractivity contribution in [1.82, 2.24) is 9.55 Å². The minimum absolute atomic E-state index is 0.621. The van der Waals surface area contributed by atoms with Gasteiger partial charge in [-0.05, 0) is 25.1 Å². The molecule has 2 N–H and O–H groups in total. The lowest BCUT2D eigenvalue weighted by Crippen LogP contribution is -2.09. The fourth-order valence-electron chi connectivity index (χ4n) is 2.15. The maximum atomic E-state index is 6.20. The van der Waals surface area contributed by atoms with Gasteiger partial charge in [0.05, 0.1) is 5.69 Å². The molecule has 3 nitrogen and oxygen atoms in total. The number of hydrogen-bond donors (Lipinski definition) is 1. The van der Waals surface area contributed by atoms with E-state index in [0.29, 0.717) is 6.54 Å². The quantitative estimate of drug-likeness (QED) is 0.921. The van der Waals surface area contributed by atoms with Gasteiger partial charge in [-0.1, -0.05) is 29.8 Å². The third-order valence-corrected chi connectivity index (χ3v) is 3.56. The monoisotopic (exact) mass is 263 g/mol. The predicted octanol–water partition coefficient (Wildman–Crippen LogP) is 2.47. The van der Waals surface area contributed by atoms with Crippen molar-refractivity contribution in [1.29, 1.82) is 0 Å². The normalized spacial score (nSPS) is 10.9. The molecule has 0 radical (unpaired) electrons. The van der Waals surface area contributed by atoms with Gasteiger partial charge in [0, 0.05) is 30.6 Å². The van der Waals surface area contributed by atoms with E-state index in [9.17, 15) is 0 Å². The molecule has 18 heavy (non-hydrogen) atoms. The second-order valence-corrected chi connectivity index (χ2v) is 4.83. The number of benzene rings is 1. The van der Waals surface area contributed by atoms with Crippen molar-refractivity contribution in [3.05, 3.63) is 52.1 Å². The fourth-order valence-corrected chi connectivity index (χ4v) is 2.36. The molecular weight excluding hydrogens is 246 g/mol. The van der Waals surface area contributed by atoms with Crippen LogP contribution < -0.4 is 5.73 Å². The molecule has 0 bridgehead atoms. The molecular formula is C14H18ClN3. The average Bonchev–Trinajstić information content (AvgIpc) is 2.60. The van der Waals surface area contributed by atoms with Crippen LogP contribution in [0.1, 0.15) is 22.8 Å². The van der Waals surface area contributed by atoms with Gasteiger partial charge in [0.2, 0.25) is 0 Å². The second kappa shape index (κ2) is 5.55. The van der Waals surface area contributed by atoms with E-state index >= 15 is 0 Å². The lowest BCUT2D eigenvalue weighted by Gasteiger charge is -2.07.